The number of halogens is 1. The van der Waals surface area contributed by atoms with Gasteiger partial charge in [-0.25, -0.2) is 4.99 Å². The third-order valence-electron chi connectivity index (χ3n) is 3.47. The van der Waals surface area contributed by atoms with Gasteiger partial charge < -0.3 is 15.4 Å². The number of nitrogens with zero attached hydrogens (tertiary/aromatic N) is 3. The lowest BCUT2D eigenvalue weighted by Gasteiger charge is -2.11. The third kappa shape index (κ3) is 7.44. The molecule has 0 saturated heterocycles. The Morgan fingerprint density at radius 1 is 1.45 bits per heavy atom. The SMILES string of the molecule is CCNC(=NCc1ccnn1C)NCCCOCC1CC1.I. The number of ether oxygens (including phenoxy) is 1. The molecular formula is C15H28IN5O. The summed E-state index contributed by atoms with van der Waals surface area (Å²) < 4.78 is 7.47. The summed E-state index contributed by atoms with van der Waals surface area (Å²) in [5.74, 6) is 1.69. The second kappa shape index (κ2) is 10.8. The molecule has 0 bridgehead atoms. The molecule has 1 aromatic heterocycles. The van der Waals surface area contributed by atoms with Crippen molar-refractivity contribution < 1.29 is 4.74 Å². The van der Waals surface area contributed by atoms with Crippen LogP contribution in [0.15, 0.2) is 17.3 Å². The first-order valence-electron chi connectivity index (χ1n) is 7.86. The van der Waals surface area contributed by atoms with E-state index in [1.807, 2.05) is 17.8 Å². The lowest BCUT2D eigenvalue weighted by molar-refractivity contribution is 0.123. The number of hydrogen-bond acceptors (Lipinski definition) is 3. The normalized spacial score (nSPS) is 14.5. The van der Waals surface area contributed by atoms with Crippen molar-refractivity contribution in [3.63, 3.8) is 0 Å². The van der Waals surface area contributed by atoms with E-state index in [4.69, 9.17) is 4.74 Å². The zero-order valence-electron chi connectivity index (χ0n) is 13.5. The molecule has 126 valence electrons. The fourth-order valence-corrected chi connectivity index (χ4v) is 1.97. The van der Waals surface area contributed by atoms with E-state index in [-0.39, 0.29) is 24.0 Å². The molecule has 6 nitrogen and oxygen atoms in total. The highest BCUT2D eigenvalue weighted by molar-refractivity contribution is 14.0. The van der Waals surface area contributed by atoms with Crippen LogP contribution >= 0.6 is 24.0 Å². The first kappa shape index (κ1) is 19.2. The minimum Gasteiger partial charge on any atom is -0.381 e. The van der Waals surface area contributed by atoms with Crippen molar-refractivity contribution >= 4 is 29.9 Å². The molecule has 2 rings (SSSR count). The Morgan fingerprint density at radius 3 is 2.91 bits per heavy atom. The minimum absolute atomic E-state index is 0. The zero-order chi connectivity index (χ0) is 14.9. The van der Waals surface area contributed by atoms with E-state index in [1.54, 1.807) is 6.20 Å². The van der Waals surface area contributed by atoms with Gasteiger partial charge in [0, 0.05) is 39.5 Å². The monoisotopic (exact) mass is 421 g/mol. The van der Waals surface area contributed by atoms with Crippen molar-refractivity contribution in [3.05, 3.63) is 18.0 Å². The van der Waals surface area contributed by atoms with Crippen LogP contribution in [0.4, 0.5) is 0 Å². The highest BCUT2D eigenvalue weighted by atomic mass is 127. The second-order valence-electron chi connectivity index (χ2n) is 5.44. The zero-order valence-corrected chi connectivity index (χ0v) is 15.9. The quantitative estimate of drug-likeness (QED) is 0.277. The molecule has 2 N–H and O–H groups in total. The van der Waals surface area contributed by atoms with Gasteiger partial charge in [-0.05, 0) is 38.2 Å². The summed E-state index contributed by atoms with van der Waals surface area (Å²) >= 11 is 0. The van der Waals surface area contributed by atoms with Gasteiger partial charge in [-0.1, -0.05) is 0 Å². The van der Waals surface area contributed by atoms with Crippen LogP contribution in [0.25, 0.3) is 0 Å². The first-order valence-corrected chi connectivity index (χ1v) is 7.86. The lowest BCUT2D eigenvalue weighted by atomic mass is 10.4. The van der Waals surface area contributed by atoms with Crippen LogP contribution in [0.3, 0.4) is 0 Å². The van der Waals surface area contributed by atoms with Crippen molar-refractivity contribution in [2.24, 2.45) is 18.0 Å². The topological polar surface area (TPSA) is 63.5 Å². The number of rotatable bonds is 9. The molecule has 1 aliphatic carbocycles. The van der Waals surface area contributed by atoms with Crippen molar-refractivity contribution in [1.82, 2.24) is 20.4 Å². The van der Waals surface area contributed by atoms with E-state index in [0.717, 1.165) is 50.3 Å². The first-order chi connectivity index (χ1) is 10.3. The van der Waals surface area contributed by atoms with Crippen molar-refractivity contribution in [3.8, 4) is 0 Å². The van der Waals surface area contributed by atoms with Crippen LogP contribution in [-0.4, -0.2) is 42.0 Å². The molecule has 0 radical (unpaired) electrons. The molecular weight excluding hydrogens is 393 g/mol. The largest absolute Gasteiger partial charge is 0.381 e. The van der Waals surface area contributed by atoms with Gasteiger partial charge in [0.05, 0.1) is 12.2 Å². The van der Waals surface area contributed by atoms with Crippen molar-refractivity contribution in [2.75, 3.05) is 26.3 Å². The van der Waals surface area contributed by atoms with Gasteiger partial charge in [0.2, 0.25) is 0 Å². The molecule has 0 spiro atoms. The lowest BCUT2D eigenvalue weighted by Crippen LogP contribution is -2.38. The Bertz CT molecular complexity index is 445. The summed E-state index contributed by atoms with van der Waals surface area (Å²) in [5.41, 5.74) is 1.10. The number of hydrogen-bond donors (Lipinski definition) is 2. The summed E-state index contributed by atoms with van der Waals surface area (Å²) in [4.78, 5) is 4.57. The number of aryl methyl sites for hydroxylation is 1. The molecule has 0 atom stereocenters. The molecule has 22 heavy (non-hydrogen) atoms. The molecule has 0 aliphatic heterocycles. The number of nitrogens with one attached hydrogen (secondary N) is 2. The summed E-state index contributed by atoms with van der Waals surface area (Å²) in [6.07, 6.45) is 5.50. The molecule has 1 aromatic rings. The van der Waals surface area contributed by atoms with Gasteiger partial charge in [0.1, 0.15) is 0 Å². The van der Waals surface area contributed by atoms with E-state index in [0.29, 0.717) is 6.54 Å². The molecule has 1 aliphatic rings. The van der Waals surface area contributed by atoms with Crippen LogP contribution in [0.5, 0.6) is 0 Å². The molecule has 0 unspecified atom stereocenters. The number of aliphatic imine (C=N–C) groups is 1. The van der Waals surface area contributed by atoms with Crippen LogP contribution in [0.1, 0.15) is 31.9 Å². The summed E-state index contributed by atoms with van der Waals surface area (Å²) in [6, 6.07) is 1.98. The standard InChI is InChI=1S/C15H27N5O.HI/c1-3-16-15(18-11-14-7-9-19-20(14)2)17-8-4-10-21-12-13-5-6-13;/h7,9,13H,3-6,8,10-12H2,1-2H3,(H2,16,17,18);1H. The Balaban J connectivity index is 0.00000242. The molecule has 0 aromatic carbocycles. The molecule has 7 heteroatoms. The summed E-state index contributed by atoms with van der Waals surface area (Å²) in [7, 11) is 1.93. The minimum atomic E-state index is 0. The Kier molecular flexibility index (Phi) is 9.45. The van der Waals surface area contributed by atoms with Crippen LogP contribution in [0, 0.1) is 5.92 Å². The maximum atomic E-state index is 5.62. The second-order valence-corrected chi connectivity index (χ2v) is 5.44. The van der Waals surface area contributed by atoms with Gasteiger partial charge >= 0.3 is 0 Å². The van der Waals surface area contributed by atoms with Gasteiger partial charge in [-0.2, -0.15) is 5.10 Å². The van der Waals surface area contributed by atoms with Crippen molar-refractivity contribution in [1.29, 1.82) is 0 Å². The average Bonchev–Trinajstić information content (AvgIpc) is 3.21. The van der Waals surface area contributed by atoms with Crippen LogP contribution < -0.4 is 10.6 Å². The highest BCUT2D eigenvalue weighted by Crippen LogP contribution is 2.28. The van der Waals surface area contributed by atoms with Crippen LogP contribution in [-0.2, 0) is 18.3 Å². The van der Waals surface area contributed by atoms with E-state index < -0.39 is 0 Å². The Hall–Kier alpha value is -0.830. The maximum Gasteiger partial charge on any atom is 0.191 e. The predicted molar refractivity (Wildman–Crippen MR) is 99.6 cm³/mol. The number of guanidine groups is 1. The van der Waals surface area contributed by atoms with Gasteiger partial charge in [-0.3, -0.25) is 4.68 Å². The maximum absolute atomic E-state index is 5.62. The highest BCUT2D eigenvalue weighted by Gasteiger charge is 2.20. The average molecular weight is 421 g/mol. The summed E-state index contributed by atoms with van der Waals surface area (Å²) in [6.45, 7) is 6.20. The third-order valence-corrected chi connectivity index (χ3v) is 3.47. The van der Waals surface area contributed by atoms with Gasteiger partial charge in [0.15, 0.2) is 5.96 Å². The van der Waals surface area contributed by atoms with Crippen molar-refractivity contribution in [2.45, 2.75) is 32.7 Å². The number of aromatic nitrogens is 2. The van der Waals surface area contributed by atoms with E-state index in [2.05, 4.69) is 27.6 Å². The fourth-order valence-electron chi connectivity index (χ4n) is 1.97. The summed E-state index contributed by atoms with van der Waals surface area (Å²) in [5, 5.41) is 10.7. The van der Waals surface area contributed by atoms with E-state index in [9.17, 15) is 0 Å². The smallest absolute Gasteiger partial charge is 0.191 e. The Labute approximate surface area is 150 Å². The Morgan fingerprint density at radius 2 is 2.27 bits per heavy atom. The fraction of sp³-hybridized carbons (Fsp3) is 0.733. The molecule has 1 heterocycles. The van der Waals surface area contributed by atoms with E-state index in [1.165, 1.54) is 12.8 Å². The van der Waals surface area contributed by atoms with Crippen LogP contribution in [0.2, 0.25) is 0 Å². The van der Waals surface area contributed by atoms with Gasteiger partial charge in [0.25, 0.3) is 0 Å². The molecule has 1 fully saturated rings. The predicted octanol–water partition coefficient (Wildman–Crippen LogP) is 1.91. The molecule has 0 amide bonds. The molecule has 1 saturated carbocycles. The van der Waals surface area contributed by atoms with E-state index >= 15 is 0 Å². The van der Waals surface area contributed by atoms with Gasteiger partial charge in [-0.15, -0.1) is 24.0 Å².